The van der Waals surface area contributed by atoms with E-state index in [0.29, 0.717) is 30.5 Å². The van der Waals surface area contributed by atoms with Gasteiger partial charge in [-0.05, 0) is 24.1 Å². The van der Waals surface area contributed by atoms with E-state index in [1.54, 1.807) is 6.07 Å². The van der Waals surface area contributed by atoms with Gasteiger partial charge in [0, 0.05) is 42.7 Å². The summed E-state index contributed by atoms with van der Waals surface area (Å²) in [4.78, 5) is 24.4. The first-order valence-corrected chi connectivity index (χ1v) is 8.54. The van der Waals surface area contributed by atoms with Gasteiger partial charge in [0.15, 0.2) is 0 Å². The number of carbonyl (C=O) groups is 1. The molecule has 0 aromatic heterocycles. The van der Waals surface area contributed by atoms with Crippen molar-refractivity contribution in [1.29, 1.82) is 0 Å². The molecule has 26 heavy (non-hydrogen) atoms. The molecule has 0 bridgehead atoms. The molecule has 2 aromatic rings. The second-order valence-electron chi connectivity index (χ2n) is 6.67. The minimum atomic E-state index is -0.673. The van der Waals surface area contributed by atoms with Gasteiger partial charge in [-0.3, -0.25) is 19.8 Å². The van der Waals surface area contributed by atoms with Crippen LogP contribution in [0, 0.1) is 16.0 Å². The number of nitro benzene ring substituents is 1. The molecule has 0 unspecified atom stereocenters. The summed E-state index contributed by atoms with van der Waals surface area (Å²) < 4.78 is 0. The molecule has 7 nitrogen and oxygen atoms in total. The number of carbonyl (C=O) groups excluding carboxylic acids is 1. The summed E-state index contributed by atoms with van der Waals surface area (Å²) in [5, 5.41) is 11.4. The first-order valence-electron chi connectivity index (χ1n) is 8.54. The lowest BCUT2D eigenvalue weighted by atomic mass is 9.89. The predicted octanol–water partition coefficient (Wildman–Crippen LogP) is 1.87. The molecule has 1 heterocycles. The third-order valence-electron chi connectivity index (χ3n) is 5.01. The van der Waals surface area contributed by atoms with Crippen LogP contribution in [0.25, 0.3) is 0 Å². The van der Waals surface area contributed by atoms with Crippen LogP contribution in [0.1, 0.15) is 27.4 Å². The van der Waals surface area contributed by atoms with E-state index in [-0.39, 0.29) is 11.3 Å². The van der Waals surface area contributed by atoms with Crippen LogP contribution in [0.5, 0.6) is 0 Å². The smallest absolute Gasteiger partial charge is 0.274 e. The first kappa shape index (κ1) is 18.0. The molecule has 1 amide bonds. The number of benzene rings is 2. The lowest BCUT2D eigenvalue weighted by Crippen LogP contribution is -2.23. The lowest BCUT2D eigenvalue weighted by Gasteiger charge is -2.17. The highest BCUT2D eigenvalue weighted by Gasteiger charge is 2.33. The van der Waals surface area contributed by atoms with Gasteiger partial charge in [-0.25, -0.2) is 0 Å². The number of nitrogens with two attached hydrogens (primary N) is 2. The van der Waals surface area contributed by atoms with E-state index in [1.165, 1.54) is 17.7 Å². The number of amides is 1. The van der Waals surface area contributed by atoms with Crippen molar-refractivity contribution in [1.82, 2.24) is 4.90 Å². The van der Waals surface area contributed by atoms with Crippen molar-refractivity contribution in [3.63, 3.8) is 0 Å². The van der Waals surface area contributed by atoms with Gasteiger partial charge in [-0.1, -0.05) is 36.4 Å². The molecule has 0 spiro atoms. The second kappa shape index (κ2) is 7.63. The summed E-state index contributed by atoms with van der Waals surface area (Å²) >= 11 is 0. The van der Waals surface area contributed by atoms with Gasteiger partial charge < -0.3 is 11.5 Å². The topological polar surface area (TPSA) is 115 Å². The van der Waals surface area contributed by atoms with Crippen LogP contribution in [0.2, 0.25) is 0 Å². The van der Waals surface area contributed by atoms with Gasteiger partial charge in [-0.2, -0.15) is 0 Å². The van der Waals surface area contributed by atoms with E-state index in [0.717, 1.165) is 13.1 Å². The highest BCUT2D eigenvalue weighted by Crippen LogP contribution is 2.34. The fourth-order valence-corrected chi connectivity index (χ4v) is 3.67. The highest BCUT2D eigenvalue weighted by molar-refractivity contribution is 5.93. The Morgan fingerprint density at radius 3 is 2.54 bits per heavy atom. The molecule has 1 saturated heterocycles. The maximum absolute atomic E-state index is 11.4. The van der Waals surface area contributed by atoms with Gasteiger partial charge in [-0.15, -0.1) is 0 Å². The Morgan fingerprint density at radius 2 is 1.92 bits per heavy atom. The Balaban J connectivity index is 1.81. The van der Waals surface area contributed by atoms with E-state index in [1.807, 2.05) is 18.2 Å². The zero-order valence-electron chi connectivity index (χ0n) is 14.4. The van der Waals surface area contributed by atoms with E-state index in [2.05, 4.69) is 17.0 Å². The number of nitrogens with zero attached hydrogens (tertiary/aromatic N) is 2. The Kier molecular flexibility index (Phi) is 5.29. The van der Waals surface area contributed by atoms with E-state index in [9.17, 15) is 14.9 Å². The van der Waals surface area contributed by atoms with Crippen molar-refractivity contribution in [2.75, 3.05) is 19.6 Å². The number of nitro groups is 1. The second-order valence-corrected chi connectivity index (χ2v) is 6.67. The minimum absolute atomic E-state index is 0.0752. The SMILES string of the molecule is NC[C@@H]1CN(Cc2ccc(C(N)=O)cc2[N+](=O)[O-])C[C@H]1c1ccccc1. The molecule has 136 valence electrons. The molecule has 1 aliphatic rings. The van der Waals surface area contributed by atoms with Crippen molar-refractivity contribution >= 4 is 11.6 Å². The van der Waals surface area contributed by atoms with Crippen LogP contribution >= 0.6 is 0 Å². The van der Waals surface area contributed by atoms with E-state index >= 15 is 0 Å². The van der Waals surface area contributed by atoms with Gasteiger partial charge >= 0.3 is 0 Å². The Hall–Kier alpha value is -2.77. The standard InChI is InChI=1S/C19H22N4O3/c20-9-16-11-22(12-17(16)13-4-2-1-3-5-13)10-15-7-6-14(19(21)24)8-18(15)23(25)26/h1-8,16-17H,9-12,20H2,(H2,21,24)/t16-,17+/m1/s1. The summed E-state index contributed by atoms with van der Waals surface area (Å²) in [6.45, 7) is 2.58. The fraction of sp³-hybridized carbons (Fsp3) is 0.316. The van der Waals surface area contributed by atoms with Crippen LogP contribution in [-0.2, 0) is 6.54 Å². The van der Waals surface area contributed by atoms with Gasteiger partial charge in [0.25, 0.3) is 5.69 Å². The quantitative estimate of drug-likeness (QED) is 0.607. The van der Waals surface area contributed by atoms with Crippen LogP contribution in [0.3, 0.4) is 0 Å². The summed E-state index contributed by atoms with van der Waals surface area (Å²) in [6, 6.07) is 14.6. The molecule has 2 aromatic carbocycles. The van der Waals surface area contributed by atoms with Crippen molar-refractivity contribution in [3.05, 3.63) is 75.3 Å². The lowest BCUT2D eigenvalue weighted by molar-refractivity contribution is -0.385. The van der Waals surface area contributed by atoms with Crippen LogP contribution < -0.4 is 11.5 Å². The summed E-state index contributed by atoms with van der Waals surface area (Å²) in [6.07, 6.45) is 0. The Labute approximate surface area is 151 Å². The molecule has 0 radical (unpaired) electrons. The molecule has 0 saturated carbocycles. The summed E-state index contributed by atoms with van der Waals surface area (Å²) in [5.41, 5.74) is 13.1. The zero-order chi connectivity index (χ0) is 18.7. The maximum Gasteiger partial charge on any atom is 0.274 e. The number of primary amides is 1. The third kappa shape index (κ3) is 3.74. The maximum atomic E-state index is 11.4. The first-order chi connectivity index (χ1) is 12.5. The van der Waals surface area contributed by atoms with E-state index in [4.69, 9.17) is 11.5 Å². The Morgan fingerprint density at radius 1 is 1.19 bits per heavy atom. The number of likely N-dealkylation sites (tertiary alicyclic amines) is 1. The molecule has 0 aliphatic carbocycles. The number of hydrogen-bond donors (Lipinski definition) is 2. The fourth-order valence-electron chi connectivity index (χ4n) is 3.67. The minimum Gasteiger partial charge on any atom is -0.366 e. The van der Waals surface area contributed by atoms with Gasteiger partial charge in [0.2, 0.25) is 5.91 Å². The van der Waals surface area contributed by atoms with Gasteiger partial charge in [0.1, 0.15) is 0 Å². The molecule has 3 rings (SSSR count). The van der Waals surface area contributed by atoms with Gasteiger partial charge in [0.05, 0.1) is 4.92 Å². The normalized spacial score (nSPS) is 20.2. The van der Waals surface area contributed by atoms with Crippen molar-refractivity contribution in [2.45, 2.75) is 12.5 Å². The predicted molar refractivity (Wildman–Crippen MR) is 98.6 cm³/mol. The average Bonchev–Trinajstić information content (AvgIpc) is 3.05. The zero-order valence-corrected chi connectivity index (χ0v) is 14.4. The number of hydrogen-bond acceptors (Lipinski definition) is 5. The molecule has 1 fully saturated rings. The molecule has 1 aliphatic heterocycles. The summed E-state index contributed by atoms with van der Waals surface area (Å²) in [7, 11) is 0. The number of rotatable bonds is 6. The molecule has 4 N–H and O–H groups in total. The molecule has 7 heteroatoms. The molecule has 2 atom stereocenters. The Bertz CT molecular complexity index is 810. The van der Waals surface area contributed by atoms with Crippen LogP contribution in [0.4, 0.5) is 5.69 Å². The van der Waals surface area contributed by atoms with Crippen molar-refractivity contribution < 1.29 is 9.72 Å². The van der Waals surface area contributed by atoms with E-state index < -0.39 is 10.8 Å². The van der Waals surface area contributed by atoms with Crippen LogP contribution in [0.15, 0.2) is 48.5 Å². The largest absolute Gasteiger partial charge is 0.366 e. The van der Waals surface area contributed by atoms with Crippen molar-refractivity contribution in [2.24, 2.45) is 17.4 Å². The van der Waals surface area contributed by atoms with Crippen molar-refractivity contribution in [3.8, 4) is 0 Å². The molecular weight excluding hydrogens is 332 g/mol. The van der Waals surface area contributed by atoms with Crippen LogP contribution in [-0.4, -0.2) is 35.4 Å². The highest BCUT2D eigenvalue weighted by atomic mass is 16.6. The summed E-state index contributed by atoms with van der Waals surface area (Å²) in [5.74, 6) is -0.0559. The average molecular weight is 354 g/mol. The monoisotopic (exact) mass is 354 g/mol. The third-order valence-corrected chi connectivity index (χ3v) is 5.01. The molecular formula is C19H22N4O3.